The molecule has 1 fully saturated rings. The third-order valence-corrected chi connectivity index (χ3v) is 6.39. The lowest BCUT2D eigenvalue weighted by molar-refractivity contribution is 0.0788. The molecule has 0 radical (unpaired) electrons. The minimum Gasteiger partial charge on any atom is -0.349 e. The number of aryl methyl sites for hydroxylation is 1. The molecule has 0 atom stereocenters. The van der Waals surface area contributed by atoms with Crippen LogP contribution in [0.15, 0.2) is 48.5 Å². The molecule has 1 aliphatic carbocycles. The Kier molecular flexibility index (Phi) is 5.88. The molecule has 0 saturated heterocycles. The van der Waals surface area contributed by atoms with Crippen LogP contribution in [0, 0.1) is 6.92 Å². The molecule has 0 unspecified atom stereocenters. The number of aromatic nitrogens is 1. The average molecular weight is 440 g/mol. The van der Waals surface area contributed by atoms with Gasteiger partial charge in [-0.2, -0.15) is 0 Å². The van der Waals surface area contributed by atoms with Crippen LogP contribution in [-0.4, -0.2) is 34.8 Å². The van der Waals surface area contributed by atoms with Crippen LogP contribution in [0.25, 0.3) is 10.6 Å². The predicted molar refractivity (Wildman–Crippen MR) is 120 cm³/mol. The molecule has 1 aromatic heterocycles. The van der Waals surface area contributed by atoms with E-state index in [1.807, 2.05) is 43.3 Å². The first kappa shape index (κ1) is 20.6. The highest BCUT2D eigenvalue weighted by molar-refractivity contribution is 7.17. The average Bonchev–Trinajstić information content (AvgIpc) is 3.46. The van der Waals surface area contributed by atoms with Crippen molar-refractivity contribution in [1.82, 2.24) is 15.2 Å². The van der Waals surface area contributed by atoms with E-state index in [1.165, 1.54) is 11.3 Å². The second-order valence-corrected chi connectivity index (χ2v) is 8.99. The Labute approximate surface area is 184 Å². The van der Waals surface area contributed by atoms with E-state index in [0.29, 0.717) is 33.7 Å². The van der Waals surface area contributed by atoms with E-state index in [0.717, 1.165) is 29.0 Å². The number of hydrogen-bond acceptors (Lipinski definition) is 4. The van der Waals surface area contributed by atoms with Gasteiger partial charge in [-0.3, -0.25) is 9.59 Å². The van der Waals surface area contributed by atoms with Gasteiger partial charge in [0.1, 0.15) is 9.88 Å². The molecule has 1 heterocycles. The van der Waals surface area contributed by atoms with Gasteiger partial charge in [0.25, 0.3) is 11.8 Å². The Balaban J connectivity index is 1.44. The summed E-state index contributed by atoms with van der Waals surface area (Å²) in [5.41, 5.74) is 3.21. The van der Waals surface area contributed by atoms with Crippen LogP contribution in [-0.2, 0) is 6.54 Å². The second kappa shape index (κ2) is 8.58. The fourth-order valence-corrected chi connectivity index (χ4v) is 4.36. The number of rotatable bonds is 6. The quantitative estimate of drug-likeness (QED) is 0.591. The highest BCUT2D eigenvalue weighted by Gasteiger charge is 2.24. The fourth-order valence-electron chi connectivity index (χ4n) is 3.12. The van der Waals surface area contributed by atoms with Crippen LogP contribution < -0.4 is 5.32 Å². The number of nitrogens with one attached hydrogen (secondary N) is 1. The van der Waals surface area contributed by atoms with Crippen LogP contribution in [0.1, 0.15) is 44.1 Å². The lowest BCUT2D eigenvalue weighted by atomic mass is 10.1. The van der Waals surface area contributed by atoms with Crippen LogP contribution in [0.2, 0.25) is 5.02 Å². The third-order valence-electron chi connectivity index (χ3n) is 4.96. The zero-order valence-corrected chi connectivity index (χ0v) is 18.4. The first-order chi connectivity index (χ1) is 14.4. The van der Waals surface area contributed by atoms with Crippen molar-refractivity contribution in [2.45, 2.75) is 32.4 Å². The molecular weight excluding hydrogens is 418 g/mol. The molecule has 1 N–H and O–H groups in total. The van der Waals surface area contributed by atoms with Crippen LogP contribution in [0.5, 0.6) is 0 Å². The second-order valence-electron chi connectivity index (χ2n) is 7.55. The van der Waals surface area contributed by atoms with Gasteiger partial charge in [0.15, 0.2) is 0 Å². The monoisotopic (exact) mass is 439 g/mol. The third kappa shape index (κ3) is 4.71. The molecule has 3 aromatic rings. The molecule has 1 aliphatic rings. The van der Waals surface area contributed by atoms with E-state index < -0.39 is 0 Å². The minimum atomic E-state index is -0.0752. The van der Waals surface area contributed by atoms with Gasteiger partial charge in [-0.1, -0.05) is 35.9 Å². The normalized spacial score (nSPS) is 13.2. The summed E-state index contributed by atoms with van der Waals surface area (Å²) in [6.45, 7) is 2.30. The Bertz CT molecular complexity index is 1090. The predicted octanol–water partition coefficient (Wildman–Crippen LogP) is 4.94. The summed E-state index contributed by atoms with van der Waals surface area (Å²) in [4.78, 5) is 31.9. The van der Waals surface area contributed by atoms with Gasteiger partial charge >= 0.3 is 0 Å². The lowest BCUT2D eigenvalue weighted by Gasteiger charge is -2.17. The van der Waals surface area contributed by atoms with Gasteiger partial charge in [0.05, 0.1) is 5.69 Å². The summed E-state index contributed by atoms with van der Waals surface area (Å²) in [5, 5.41) is 4.39. The summed E-state index contributed by atoms with van der Waals surface area (Å²) in [6, 6.07) is 15.2. The van der Waals surface area contributed by atoms with Crippen molar-refractivity contribution in [3.05, 3.63) is 75.3 Å². The molecule has 4 rings (SSSR count). The van der Waals surface area contributed by atoms with Crippen LogP contribution in [0.3, 0.4) is 0 Å². The lowest BCUT2D eigenvalue weighted by Crippen LogP contribution is -2.26. The van der Waals surface area contributed by atoms with Gasteiger partial charge in [-0.15, -0.1) is 11.3 Å². The van der Waals surface area contributed by atoms with Crippen molar-refractivity contribution < 1.29 is 9.59 Å². The van der Waals surface area contributed by atoms with Crippen molar-refractivity contribution in [1.29, 1.82) is 0 Å². The molecule has 5 nitrogen and oxygen atoms in total. The topological polar surface area (TPSA) is 62.3 Å². The van der Waals surface area contributed by atoms with Crippen LogP contribution in [0.4, 0.5) is 0 Å². The molecule has 0 aliphatic heterocycles. The van der Waals surface area contributed by atoms with Crippen molar-refractivity contribution in [3.63, 3.8) is 0 Å². The van der Waals surface area contributed by atoms with Crippen molar-refractivity contribution in [3.8, 4) is 10.6 Å². The Morgan fingerprint density at radius 3 is 2.60 bits per heavy atom. The fraction of sp³-hybridized carbons (Fsp3) is 0.261. The molecule has 2 aromatic carbocycles. The van der Waals surface area contributed by atoms with E-state index in [1.54, 1.807) is 24.1 Å². The standard InChI is InChI=1S/C23H22ClN3O2S/c1-14-20(30-22(25-14)17-4-3-5-18(24)12-17)23(29)27(2)13-15-6-8-16(9-7-15)21(28)26-19-10-11-19/h3-9,12,19H,10-11,13H2,1-2H3,(H,26,28). The van der Waals surface area contributed by atoms with Gasteiger partial charge < -0.3 is 10.2 Å². The zero-order valence-electron chi connectivity index (χ0n) is 16.8. The number of halogens is 1. The smallest absolute Gasteiger partial charge is 0.265 e. The largest absolute Gasteiger partial charge is 0.349 e. The molecular formula is C23H22ClN3O2S. The van der Waals surface area contributed by atoms with Gasteiger partial charge in [-0.25, -0.2) is 4.98 Å². The number of carbonyl (C=O) groups excluding carboxylic acids is 2. The van der Waals surface area contributed by atoms with Crippen LogP contribution >= 0.6 is 22.9 Å². The first-order valence-corrected chi connectivity index (χ1v) is 11.0. The summed E-state index contributed by atoms with van der Waals surface area (Å²) in [5.74, 6) is -0.115. The molecule has 7 heteroatoms. The molecule has 1 saturated carbocycles. The first-order valence-electron chi connectivity index (χ1n) is 9.79. The maximum Gasteiger partial charge on any atom is 0.265 e. The Morgan fingerprint density at radius 1 is 1.20 bits per heavy atom. The van der Waals surface area contributed by atoms with Gasteiger partial charge in [0.2, 0.25) is 0 Å². The highest BCUT2D eigenvalue weighted by Crippen LogP contribution is 2.30. The summed E-state index contributed by atoms with van der Waals surface area (Å²) >= 11 is 7.45. The number of amides is 2. The summed E-state index contributed by atoms with van der Waals surface area (Å²) in [6.07, 6.45) is 2.12. The van der Waals surface area contributed by atoms with Crippen molar-refractivity contribution >= 4 is 34.8 Å². The van der Waals surface area contributed by atoms with E-state index in [2.05, 4.69) is 10.3 Å². The molecule has 30 heavy (non-hydrogen) atoms. The van der Waals surface area contributed by atoms with E-state index in [9.17, 15) is 9.59 Å². The van der Waals surface area contributed by atoms with Crippen molar-refractivity contribution in [2.24, 2.45) is 0 Å². The highest BCUT2D eigenvalue weighted by atomic mass is 35.5. The molecule has 154 valence electrons. The van der Waals surface area contributed by atoms with E-state index >= 15 is 0 Å². The Hall–Kier alpha value is -2.70. The summed E-state index contributed by atoms with van der Waals surface area (Å²) < 4.78 is 0. The number of hydrogen-bond donors (Lipinski definition) is 1. The number of carbonyl (C=O) groups is 2. The van der Waals surface area contributed by atoms with E-state index in [-0.39, 0.29) is 11.8 Å². The van der Waals surface area contributed by atoms with Gasteiger partial charge in [-0.05, 0) is 49.6 Å². The van der Waals surface area contributed by atoms with E-state index in [4.69, 9.17) is 11.6 Å². The number of benzene rings is 2. The number of thiazole rings is 1. The molecule has 2 amide bonds. The minimum absolute atomic E-state index is 0.0395. The van der Waals surface area contributed by atoms with Crippen molar-refractivity contribution in [2.75, 3.05) is 7.05 Å². The maximum absolute atomic E-state index is 13.0. The molecule has 0 spiro atoms. The Morgan fingerprint density at radius 2 is 1.93 bits per heavy atom. The van der Waals surface area contributed by atoms with Gasteiger partial charge in [0, 0.05) is 35.8 Å². The summed E-state index contributed by atoms with van der Waals surface area (Å²) in [7, 11) is 1.77. The maximum atomic E-state index is 13.0. The zero-order chi connectivity index (χ0) is 21.3. The molecule has 0 bridgehead atoms. The SMILES string of the molecule is Cc1nc(-c2cccc(Cl)c2)sc1C(=O)N(C)Cc1ccc(C(=O)NC2CC2)cc1. The number of nitrogens with zero attached hydrogens (tertiary/aromatic N) is 2.